The van der Waals surface area contributed by atoms with Crippen LogP contribution in [-0.2, 0) is 0 Å². The molecule has 1 unspecified atom stereocenters. The quantitative estimate of drug-likeness (QED) is 0.806. The zero-order valence-electron chi connectivity index (χ0n) is 11.3. The number of rotatable bonds is 7. The Balaban J connectivity index is 1.93. The van der Waals surface area contributed by atoms with Gasteiger partial charge in [0.15, 0.2) is 11.5 Å². The summed E-state index contributed by atoms with van der Waals surface area (Å²) in [7, 11) is 1.60. The van der Waals surface area contributed by atoms with Gasteiger partial charge in [-0.05, 0) is 47.8 Å². The van der Waals surface area contributed by atoms with Crippen LogP contribution in [0.4, 0.5) is 0 Å². The molecule has 1 atom stereocenters. The van der Waals surface area contributed by atoms with Gasteiger partial charge in [-0.15, -0.1) is 0 Å². The molecule has 1 fully saturated rings. The fourth-order valence-corrected chi connectivity index (χ4v) is 2.18. The third kappa shape index (κ3) is 4.37. The van der Waals surface area contributed by atoms with Gasteiger partial charge >= 0.3 is 0 Å². The van der Waals surface area contributed by atoms with E-state index in [4.69, 9.17) is 9.47 Å². The molecule has 1 aliphatic carbocycles. The van der Waals surface area contributed by atoms with E-state index in [1.807, 2.05) is 18.2 Å². The van der Waals surface area contributed by atoms with E-state index in [2.05, 4.69) is 21.2 Å². The summed E-state index contributed by atoms with van der Waals surface area (Å²) in [6, 6.07) is 6.17. The van der Waals surface area contributed by atoms with Gasteiger partial charge in [0.2, 0.25) is 0 Å². The first-order valence-corrected chi connectivity index (χ1v) is 7.22. The fourth-order valence-electron chi connectivity index (χ4n) is 1.72. The Morgan fingerprint density at radius 2 is 2.21 bits per heavy atom. The number of ether oxygens (including phenoxy) is 2. The van der Waals surface area contributed by atoms with Gasteiger partial charge in [0.25, 0.3) is 0 Å². The van der Waals surface area contributed by atoms with Crippen molar-refractivity contribution in [3.63, 3.8) is 0 Å². The van der Waals surface area contributed by atoms with Crippen LogP contribution >= 0.6 is 15.9 Å². The van der Waals surface area contributed by atoms with Crippen molar-refractivity contribution in [1.29, 1.82) is 0 Å². The topological polar surface area (TPSA) is 50.7 Å². The Bertz CT molecular complexity index is 433. The van der Waals surface area contributed by atoms with E-state index in [0.29, 0.717) is 24.1 Å². The Labute approximate surface area is 122 Å². The Morgan fingerprint density at radius 1 is 1.47 bits per heavy atom. The SMILES string of the molecule is COc1cccc(Br)c1OCC(C)(O)CNC1CC1. The number of hydrogen-bond acceptors (Lipinski definition) is 4. The molecule has 5 heteroatoms. The largest absolute Gasteiger partial charge is 0.493 e. The van der Waals surface area contributed by atoms with E-state index < -0.39 is 5.60 Å². The van der Waals surface area contributed by atoms with Crippen molar-refractivity contribution >= 4 is 15.9 Å². The smallest absolute Gasteiger partial charge is 0.175 e. The highest BCUT2D eigenvalue weighted by molar-refractivity contribution is 9.10. The van der Waals surface area contributed by atoms with Crippen LogP contribution in [0.25, 0.3) is 0 Å². The third-order valence-corrected chi connectivity index (χ3v) is 3.65. The van der Waals surface area contributed by atoms with E-state index in [1.54, 1.807) is 14.0 Å². The Morgan fingerprint density at radius 3 is 2.84 bits per heavy atom. The molecule has 0 spiro atoms. The number of benzene rings is 1. The van der Waals surface area contributed by atoms with Crippen molar-refractivity contribution < 1.29 is 14.6 Å². The normalized spacial score (nSPS) is 17.9. The van der Waals surface area contributed by atoms with Gasteiger partial charge in [-0.3, -0.25) is 0 Å². The van der Waals surface area contributed by atoms with Crippen molar-refractivity contribution in [3.8, 4) is 11.5 Å². The monoisotopic (exact) mass is 329 g/mol. The molecule has 2 rings (SSSR count). The molecule has 106 valence electrons. The molecule has 0 heterocycles. The van der Waals surface area contributed by atoms with E-state index in [-0.39, 0.29) is 6.61 Å². The zero-order chi connectivity index (χ0) is 13.9. The fraction of sp³-hybridized carbons (Fsp3) is 0.571. The first-order chi connectivity index (χ1) is 9.02. The summed E-state index contributed by atoms with van der Waals surface area (Å²) < 4.78 is 11.8. The van der Waals surface area contributed by atoms with Crippen molar-refractivity contribution in [2.45, 2.75) is 31.4 Å². The van der Waals surface area contributed by atoms with E-state index in [0.717, 1.165) is 4.47 Å². The van der Waals surface area contributed by atoms with Crippen LogP contribution in [0.1, 0.15) is 19.8 Å². The highest BCUT2D eigenvalue weighted by Gasteiger charge is 2.27. The van der Waals surface area contributed by atoms with Gasteiger partial charge in [-0.25, -0.2) is 0 Å². The van der Waals surface area contributed by atoms with E-state index in [9.17, 15) is 5.11 Å². The Hall–Kier alpha value is -0.780. The Kier molecular flexibility index (Phi) is 4.71. The van der Waals surface area contributed by atoms with Crippen LogP contribution in [-0.4, -0.2) is 37.0 Å². The van der Waals surface area contributed by atoms with Crippen molar-refractivity contribution in [2.24, 2.45) is 0 Å². The second-order valence-electron chi connectivity index (χ2n) is 5.21. The molecule has 0 bridgehead atoms. The summed E-state index contributed by atoms with van der Waals surface area (Å²) in [4.78, 5) is 0. The molecule has 4 nitrogen and oxygen atoms in total. The summed E-state index contributed by atoms with van der Waals surface area (Å²) in [6.07, 6.45) is 2.41. The summed E-state index contributed by atoms with van der Waals surface area (Å²) >= 11 is 3.43. The number of methoxy groups -OCH3 is 1. The first kappa shape index (κ1) is 14.6. The molecule has 1 aromatic rings. The highest BCUT2D eigenvalue weighted by Crippen LogP contribution is 2.35. The molecular weight excluding hydrogens is 310 g/mol. The second-order valence-corrected chi connectivity index (χ2v) is 6.07. The molecule has 0 amide bonds. The maximum absolute atomic E-state index is 10.3. The second kappa shape index (κ2) is 6.11. The summed E-state index contributed by atoms with van der Waals surface area (Å²) in [5, 5.41) is 13.6. The average molecular weight is 330 g/mol. The lowest BCUT2D eigenvalue weighted by atomic mass is 10.1. The number of halogens is 1. The molecule has 0 radical (unpaired) electrons. The van der Waals surface area contributed by atoms with Crippen LogP contribution in [0.3, 0.4) is 0 Å². The molecule has 1 saturated carbocycles. The minimum atomic E-state index is -0.900. The van der Waals surface area contributed by atoms with E-state index in [1.165, 1.54) is 12.8 Å². The van der Waals surface area contributed by atoms with Gasteiger partial charge in [-0.1, -0.05) is 6.07 Å². The predicted octanol–water partition coefficient (Wildman–Crippen LogP) is 2.34. The molecule has 0 aromatic heterocycles. The maximum atomic E-state index is 10.3. The minimum absolute atomic E-state index is 0.214. The van der Waals surface area contributed by atoms with Gasteiger partial charge < -0.3 is 19.9 Å². The van der Waals surface area contributed by atoms with Crippen molar-refractivity contribution in [2.75, 3.05) is 20.3 Å². The van der Waals surface area contributed by atoms with Gasteiger partial charge in [0, 0.05) is 12.6 Å². The highest BCUT2D eigenvalue weighted by atomic mass is 79.9. The summed E-state index contributed by atoms with van der Waals surface area (Å²) in [6.45, 7) is 2.52. The lowest BCUT2D eigenvalue weighted by Crippen LogP contribution is -2.43. The van der Waals surface area contributed by atoms with Crippen LogP contribution in [0, 0.1) is 0 Å². The summed E-state index contributed by atoms with van der Waals surface area (Å²) in [5.74, 6) is 1.28. The molecule has 2 N–H and O–H groups in total. The van der Waals surface area contributed by atoms with E-state index >= 15 is 0 Å². The van der Waals surface area contributed by atoms with Crippen molar-refractivity contribution in [1.82, 2.24) is 5.32 Å². The summed E-state index contributed by atoms with van der Waals surface area (Å²) in [5.41, 5.74) is -0.900. The standard InChI is InChI=1S/C14H20BrNO3/c1-14(17,8-16-10-6-7-10)9-19-13-11(15)4-3-5-12(13)18-2/h3-5,10,16-17H,6-9H2,1-2H3. The number of nitrogens with one attached hydrogen (secondary N) is 1. The van der Waals surface area contributed by atoms with Crippen LogP contribution < -0.4 is 14.8 Å². The molecule has 0 saturated heterocycles. The van der Waals surface area contributed by atoms with Gasteiger partial charge in [0.1, 0.15) is 12.2 Å². The third-order valence-electron chi connectivity index (χ3n) is 3.03. The lowest BCUT2D eigenvalue weighted by molar-refractivity contribution is 0.0110. The number of aliphatic hydroxyl groups is 1. The molecular formula is C14H20BrNO3. The molecule has 19 heavy (non-hydrogen) atoms. The van der Waals surface area contributed by atoms with Crippen LogP contribution in [0.15, 0.2) is 22.7 Å². The minimum Gasteiger partial charge on any atom is -0.493 e. The van der Waals surface area contributed by atoms with Gasteiger partial charge in [0.05, 0.1) is 11.6 Å². The predicted molar refractivity (Wildman–Crippen MR) is 77.8 cm³/mol. The number of hydrogen-bond donors (Lipinski definition) is 2. The maximum Gasteiger partial charge on any atom is 0.175 e. The molecule has 1 aromatic carbocycles. The first-order valence-electron chi connectivity index (χ1n) is 6.43. The molecule has 1 aliphatic rings. The van der Waals surface area contributed by atoms with Crippen LogP contribution in [0.5, 0.6) is 11.5 Å². The van der Waals surface area contributed by atoms with Gasteiger partial charge in [-0.2, -0.15) is 0 Å². The zero-order valence-corrected chi connectivity index (χ0v) is 12.9. The average Bonchev–Trinajstić information content (AvgIpc) is 3.19. The van der Waals surface area contributed by atoms with Crippen molar-refractivity contribution in [3.05, 3.63) is 22.7 Å². The van der Waals surface area contributed by atoms with Crippen LogP contribution in [0.2, 0.25) is 0 Å². The molecule has 0 aliphatic heterocycles. The number of para-hydroxylation sites is 1. The lowest BCUT2D eigenvalue weighted by Gasteiger charge is -2.24.